The first-order valence-corrected chi connectivity index (χ1v) is 5.35. The van der Waals surface area contributed by atoms with Crippen molar-refractivity contribution in [1.82, 2.24) is 25.1 Å². The molecule has 3 saturated heterocycles. The van der Waals surface area contributed by atoms with Gasteiger partial charge in [0.2, 0.25) is 0 Å². The summed E-state index contributed by atoms with van der Waals surface area (Å²) in [6.45, 7) is 4.84. The number of rotatable bonds is 2. The molecule has 5 nitrogen and oxygen atoms in total. The van der Waals surface area contributed by atoms with Crippen LogP contribution in [-0.2, 0) is 6.54 Å². The fourth-order valence-corrected chi connectivity index (χ4v) is 2.80. The van der Waals surface area contributed by atoms with E-state index in [1.807, 2.05) is 4.68 Å². The Morgan fingerprint density at radius 2 is 2.14 bits per heavy atom. The van der Waals surface area contributed by atoms with Crippen molar-refractivity contribution in [3.8, 4) is 0 Å². The lowest BCUT2D eigenvalue weighted by molar-refractivity contribution is 0.0402. The van der Waals surface area contributed by atoms with Crippen LogP contribution in [0.15, 0.2) is 6.33 Å². The maximum absolute atomic E-state index is 3.93. The van der Waals surface area contributed by atoms with Gasteiger partial charge >= 0.3 is 0 Å². The molecule has 1 aromatic rings. The van der Waals surface area contributed by atoms with Crippen LogP contribution in [0.3, 0.4) is 0 Å². The van der Waals surface area contributed by atoms with E-state index in [-0.39, 0.29) is 0 Å². The van der Waals surface area contributed by atoms with Crippen LogP contribution < -0.4 is 0 Å². The lowest BCUT2D eigenvalue weighted by Crippen LogP contribution is -2.48. The van der Waals surface area contributed by atoms with E-state index < -0.39 is 0 Å². The average Bonchev–Trinajstić information content (AvgIpc) is 2.72. The van der Waals surface area contributed by atoms with Crippen molar-refractivity contribution in [2.45, 2.75) is 19.4 Å². The lowest BCUT2D eigenvalue weighted by Gasteiger charge is -2.44. The number of nitrogens with zero attached hydrogens (tertiary/aromatic N) is 5. The Kier molecular flexibility index (Phi) is 1.97. The van der Waals surface area contributed by atoms with Crippen LogP contribution in [0.5, 0.6) is 0 Å². The summed E-state index contributed by atoms with van der Waals surface area (Å²) in [5, 5.41) is 11.3. The van der Waals surface area contributed by atoms with Crippen LogP contribution in [0, 0.1) is 11.8 Å². The Labute approximate surface area is 83.1 Å². The predicted octanol–water partition coefficient (Wildman–Crippen LogP) is 0.0149. The summed E-state index contributed by atoms with van der Waals surface area (Å²) in [5.41, 5.74) is 0. The van der Waals surface area contributed by atoms with Gasteiger partial charge < -0.3 is 4.90 Å². The maximum Gasteiger partial charge on any atom is 0.138 e. The van der Waals surface area contributed by atoms with Crippen LogP contribution in [0.2, 0.25) is 0 Å². The monoisotopic (exact) mass is 193 g/mol. The SMILES string of the molecule is c1nnnn1CC1CN2CCC1CC2. The van der Waals surface area contributed by atoms with Gasteiger partial charge in [0.15, 0.2) is 0 Å². The third-order valence-electron chi connectivity index (χ3n) is 3.60. The molecule has 14 heavy (non-hydrogen) atoms. The zero-order chi connectivity index (χ0) is 9.38. The normalized spacial score (nSPS) is 36.1. The van der Waals surface area contributed by atoms with Crippen molar-refractivity contribution < 1.29 is 0 Å². The van der Waals surface area contributed by atoms with Crippen LogP contribution in [0.25, 0.3) is 0 Å². The molecule has 1 atom stereocenters. The van der Waals surface area contributed by atoms with Gasteiger partial charge in [0, 0.05) is 13.1 Å². The lowest BCUT2D eigenvalue weighted by atomic mass is 9.79. The fourth-order valence-electron chi connectivity index (χ4n) is 2.80. The van der Waals surface area contributed by atoms with E-state index in [0.717, 1.165) is 18.4 Å². The molecular formula is C9H15N5. The van der Waals surface area contributed by atoms with Crippen molar-refractivity contribution in [2.24, 2.45) is 11.8 Å². The van der Waals surface area contributed by atoms with Crippen molar-refractivity contribution in [3.63, 3.8) is 0 Å². The van der Waals surface area contributed by atoms with Gasteiger partial charge in [0.25, 0.3) is 0 Å². The summed E-state index contributed by atoms with van der Waals surface area (Å²) >= 11 is 0. The molecule has 1 aromatic heterocycles. The Hall–Kier alpha value is -0.970. The number of piperidine rings is 3. The molecule has 2 bridgehead atoms. The summed E-state index contributed by atoms with van der Waals surface area (Å²) in [7, 11) is 0. The average molecular weight is 193 g/mol. The summed E-state index contributed by atoms with van der Waals surface area (Å²) < 4.78 is 1.87. The Balaban J connectivity index is 1.68. The standard InChI is InChI=1S/C9H15N5/c1-3-13-4-2-8(1)9(5-13)6-14-7-10-11-12-14/h7-9H,1-6H2. The van der Waals surface area contributed by atoms with E-state index in [2.05, 4.69) is 20.4 Å². The highest BCUT2D eigenvalue weighted by Crippen LogP contribution is 2.32. The van der Waals surface area contributed by atoms with Gasteiger partial charge in [-0.05, 0) is 48.2 Å². The van der Waals surface area contributed by atoms with Crippen LogP contribution in [0.4, 0.5) is 0 Å². The second-order valence-electron chi connectivity index (χ2n) is 4.43. The van der Waals surface area contributed by atoms with Gasteiger partial charge in [-0.2, -0.15) is 0 Å². The van der Waals surface area contributed by atoms with Gasteiger partial charge in [0.05, 0.1) is 0 Å². The largest absolute Gasteiger partial charge is 0.303 e. The minimum atomic E-state index is 0.765. The zero-order valence-corrected chi connectivity index (χ0v) is 8.21. The number of hydrogen-bond acceptors (Lipinski definition) is 4. The number of tetrazole rings is 1. The summed E-state index contributed by atoms with van der Waals surface area (Å²) in [5.74, 6) is 1.67. The van der Waals surface area contributed by atoms with E-state index in [1.54, 1.807) is 6.33 Å². The second-order valence-corrected chi connectivity index (χ2v) is 4.43. The van der Waals surface area contributed by atoms with Crippen molar-refractivity contribution in [2.75, 3.05) is 19.6 Å². The highest BCUT2D eigenvalue weighted by Gasteiger charge is 2.34. The first-order chi connectivity index (χ1) is 6.92. The number of aromatic nitrogens is 4. The molecule has 0 saturated carbocycles. The third-order valence-corrected chi connectivity index (χ3v) is 3.60. The Morgan fingerprint density at radius 3 is 2.71 bits per heavy atom. The van der Waals surface area contributed by atoms with Crippen LogP contribution >= 0.6 is 0 Å². The van der Waals surface area contributed by atoms with Crippen LogP contribution in [0.1, 0.15) is 12.8 Å². The molecule has 0 amide bonds. The summed E-state index contributed by atoms with van der Waals surface area (Å²) in [6.07, 6.45) is 4.46. The minimum absolute atomic E-state index is 0.765. The van der Waals surface area contributed by atoms with Gasteiger partial charge in [-0.15, -0.1) is 5.10 Å². The van der Waals surface area contributed by atoms with Gasteiger partial charge in [-0.3, -0.25) is 0 Å². The van der Waals surface area contributed by atoms with Gasteiger partial charge in [-0.1, -0.05) is 0 Å². The molecule has 3 aliphatic heterocycles. The number of fused-ring (bicyclic) bond motifs is 3. The molecule has 4 heterocycles. The van der Waals surface area contributed by atoms with E-state index in [4.69, 9.17) is 0 Å². The van der Waals surface area contributed by atoms with Crippen molar-refractivity contribution in [3.05, 3.63) is 6.33 Å². The van der Waals surface area contributed by atoms with Gasteiger partial charge in [-0.25, -0.2) is 4.68 Å². The second kappa shape index (κ2) is 3.31. The quantitative estimate of drug-likeness (QED) is 0.664. The van der Waals surface area contributed by atoms with Crippen molar-refractivity contribution in [1.29, 1.82) is 0 Å². The molecular weight excluding hydrogens is 178 g/mol. The van der Waals surface area contributed by atoms with E-state index in [9.17, 15) is 0 Å². The predicted molar refractivity (Wildman–Crippen MR) is 50.5 cm³/mol. The van der Waals surface area contributed by atoms with Gasteiger partial charge in [0.1, 0.15) is 6.33 Å². The summed E-state index contributed by atoms with van der Waals surface area (Å²) in [6, 6.07) is 0. The molecule has 4 rings (SSSR count). The molecule has 0 N–H and O–H groups in total. The minimum Gasteiger partial charge on any atom is -0.303 e. The number of hydrogen-bond donors (Lipinski definition) is 0. The summed E-state index contributed by atoms with van der Waals surface area (Å²) in [4.78, 5) is 2.56. The Bertz CT molecular complexity index is 288. The Morgan fingerprint density at radius 1 is 1.29 bits per heavy atom. The van der Waals surface area contributed by atoms with Crippen LogP contribution in [-0.4, -0.2) is 44.7 Å². The maximum atomic E-state index is 3.93. The van der Waals surface area contributed by atoms with Crippen molar-refractivity contribution >= 4 is 0 Å². The molecule has 3 fully saturated rings. The van der Waals surface area contributed by atoms with E-state index in [1.165, 1.54) is 32.5 Å². The highest BCUT2D eigenvalue weighted by atomic mass is 15.5. The fraction of sp³-hybridized carbons (Fsp3) is 0.889. The molecule has 76 valence electrons. The van der Waals surface area contributed by atoms with E-state index >= 15 is 0 Å². The molecule has 3 aliphatic rings. The zero-order valence-electron chi connectivity index (χ0n) is 8.21. The molecule has 0 aliphatic carbocycles. The highest BCUT2D eigenvalue weighted by molar-refractivity contribution is 4.86. The molecule has 0 radical (unpaired) electrons. The molecule has 0 aromatic carbocycles. The first kappa shape index (κ1) is 8.35. The molecule has 5 heteroatoms. The topological polar surface area (TPSA) is 46.8 Å². The smallest absolute Gasteiger partial charge is 0.138 e. The first-order valence-electron chi connectivity index (χ1n) is 5.35. The molecule has 1 unspecified atom stereocenters. The van der Waals surface area contributed by atoms with E-state index in [0.29, 0.717) is 0 Å². The third kappa shape index (κ3) is 1.41. The molecule has 0 spiro atoms.